The van der Waals surface area contributed by atoms with Gasteiger partial charge in [-0.3, -0.25) is 4.79 Å². The van der Waals surface area contributed by atoms with E-state index in [-0.39, 0.29) is 17.5 Å². The van der Waals surface area contributed by atoms with Crippen LogP contribution in [-0.2, 0) is 11.5 Å². The lowest BCUT2D eigenvalue weighted by Crippen LogP contribution is -2.22. The van der Waals surface area contributed by atoms with E-state index in [0.717, 1.165) is 6.04 Å². The van der Waals surface area contributed by atoms with E-state index < -0.39 is 8.07 Å². The predicted molar refractivity (Wildman–Crippen MR) is 138 cm³/mol. The minimum Gasteiger partial charge on any atom is -0.457 e. The summed E-state index contributed by atoms with van der Waals surface area (Å²) in [6.45, 7) is 7.78. The standard InChI is InChI=1S/C25H25Cl2N3O3Si/c1-34(2,3)12-11-32-16-30-15-20(23-22(27)14-28-29-25(23)30)24(31)19-10-9-18(13-21(19)26)33-17-7-5-4-6-8-17/h4-10,13-15H,11-12,16H2,1-3H3. The Morgan fingerprint density at radius 3 is 2.47 bits per heavy atom. The highest BCUT2D eigenvalue weighted by molar-refractivity contribution is 6.76. The second-order valence-electron chi connectivity index (χ2n) is 9.14. The molecule has 0 aliphatic heterocycles. The number of halogens is 2. The van der Waals surface area contributed by atoms with Crippen LogP contribution in [0.15, 0.2) is 60.9 Å². The number of hydrogen-bond acceptors (Lipinski definition) is 5. The molecule has 0 unspecified atom stereocenters. The number of carbonyl (C=O) groups excluding carboxylic acids is 1. The molecule has 34 heavy (non-hydrogen) atoms. The smallest absolute Gasteiger partial charge is 0.196 e. The van der Waals surface area contributed by atoms with Crippen LogP contribution in [0.25, 0.3) is 11.0 Å². The van der Waals surface area contributed by atoms with Gasteiger partial charge in [0.1, 0.15) is 18.2 Å². The van der Waals surface area contributed by atoms with Gasteiger partial charge in [0, 0.05) is 32.5 Å². The minimum absolute atomic E-state index is 0.251. The van der Waals surface area contributed by atoms with E-state index >= 15 is 0 Å². The van der Waals surface area contributed by atoms with Gasteiger partial charge in [0.25, 0.3) is 0 Å². The molecule has 0 aliphatic carbocycles. The number of rotatable bonds is 9. The monoisotopic (exact) mass is 513 g/mol. The molecule has 9 heteroatoms. The molecule has 4 rings (SSSR count). The normalized spacial score (nSPS) is 11.7. The van der Waals surface area contributed by atoms with Crippen LogP contribution in [-0.4, -0.2) is 35.2 Å². The van der Waals surface area contributed by atoms with Crippen molar-refractivity contribution in [2.45, 2.75) is 32.4 Å². The first-order chi connectivity index (χ1) is 16.2. The van der Waals surface area contributed by atoms with Crippen molar-refractivity contribution in [3.63, 3.8) is 0 Å². The third kappa shape index (κ3) is 5.67. The highest BCUT2D eigenvalue weighted by atomic mass is 35.5. The van der Waals surface area contributed by atoms with Crippen molar-refractivity contribution >= 4 is 48.1 Å². The van der Waals surface area contributed by atoms with Gasteiger partial charge < -0.3 is 14.0 Å². The Hall–Kier alpha value is -2.71. The molecule has 0 atom stereocenters. The lowest BCUT2D eigenvalue weighted by atomic mass is 10.0. The number of carbonyl (C=O) groups is 1. The first kappa shape index (κ1) is 24.4. The SMILES string of the molecule is C[Si](C)(C)CCOCn1cc(C(=O)c2ccc(Oc3ccccc3)cc2Cl)c2c(Cl)cnnc21. The maximum Gasteiger partial charge on any atom is 0.196 e. The molecule has 2 heterocycles. The van der Waals surface area contributed by atoms with E-state index in [1.165, 1.54) is 6.20 Å². The largest absolute Gasteiger partial charge is 0.457 e. The number of ketones is 1. The summed E-state index contributed by atoms with van der Waals surface area (Å²) in [5.41, 5.74) is 1.22. The van der Waals surface area contributed by atoms with Crippen molar-refractivity contribution < 1.29 is 14.3 Å². The highest BCUT2D eigenvalue weighted by Gasteiger charge is 2.22. The Balaban J connectivity index is 1.61. The fraction of sp³-hybridized carbons (Fsp3) is 0.240. The Bertz CT molecular complexity index is 1320. The summed E-state index contributed by atoms with van der Waals surface area (Å²) in [6.07, 6.45) is 3.13. The molecule has 6 nitrogen and oxygen atoms in total. The lowest BCUT2D eigenvalue weighted by molar-refractivity contribution is 0.0895. The fourth-order valence-corrected chi connectivity index (χ4v) is 4.66. The zero-order chi connectivity index (χ0) is 24.3. The Labute approximate surface area is 209 Å². The molecule has 0 radical (unpaired) electrons. The van der Waals surface area contributed by atoms with Crippen molar-refractivity contribution in [3.05, 3.63) is 82.1 Å². The van der Waals surface area contributed by atoms with Crippen molar-refractivity contribution in [3.8, 4) is 11.5 Å². The highest BCUT2D eigenvalue weighted by Crippen LogP contribution is 2.32. The summed E-state index contributed by atoms with van der Waals surface area (Å²) < 4.78 is 13.4. The van der Waals surface area contributed by atoms with Crippen LogP contribution in [0.5, 0.6) is 11.5 Å². The average Bonchev–Trinajstić information content (AvgIpc) is 3.16. The van der Waals surface area contributed by atoms with Gasteiger partial charge in [0.2, 0.25) is 0 Å². The maximum absolute atomic E-state index is 13.5. The van der Waals surface area contributed by atoms with Gasteiger partial charge in [-0.1, -0.05) is 61.0 Å². The van der Waals surface area contributed by atoms with Crippen LogP contribution in [0, 0.1) is 0 Å². The summed E-state index contributed by atoms with van der Waals surface area (Å²) in [5, 5.41) is 9.30. The van der Waals surface area contributed by atoms with Gasteiger partial charge in [0.15, 0.2) is 11.4 Å². The number of aromatic nitrogens is 3. The summed E-state index contributed by atoms with van der Waals surface area (Å²) in [7, 11) is -1.21. The number of hydrogen-bond donors (Lipinski definition) is 0. The van der Waals surface area contributed by atoms with Gasteiger partial charge in [-0.25, -0.2) is 0 Å². The molecule has 0 amide bonds. The third-order valence-corrected chi connectivity index (χ3v) is 7.55. The quantitative estimate of drug-likeness (QED) is 0.136. The van der Waals surface area contributed by atoms with Crippen molar-refractivity contribution in [2.75, 3.05) is 6.61 Å². The Morgan fingerprint density at radius 1 is 1.00 bits per heavy atom. The van der Waals surface area contributed by atoms with E-state index in [2.05, 4.69) is 29.8 Å². The summed E-state index contributed by atoms with van der Waals surface area (Å²) in [5.74, 6) is 0.951. The molecule has 0 bridgehead atoms. The number of para-hydroxylation sites is 1. The molecule has 0 saturated carbocycles. The fourth-order valence-electron chi connectivity index (χ4n) is 3.41. The zero-order valence-corrected chi connectivity index (χ0v) is 21.7. The molecule has 2 aromatic heterocycles. The van der Waals surface area contributed by atoms with E-state index in [1.54, 1.807) is 29.0 Å². The molecular formula is C25H25Cl2N3O3Si. The number of benzene rings is 2. The molecule has 176 valence electrons. The number of ether oxygens (including phenoxy) is 2. The molecule has 0 saturated heterocycles. The Morgan fingerprint density at radius 2 is 1.76 bits per heavy atom. The topological polar surface area (TPSA) is 66.2 Å². The van der Waals surface area contributed by atoms with Crippen LogP contribution in [0.4, 0.5) is 0 Å². The number of nitrogens with zero attached hydrogens (tertiary/aromatic N) is 3. The summed E-state index contributed by atoms with van der Waals surface area (Å²) in [6, 6.07) is 15.4. The summed E-state index contributed by atoms with van der Waals surface area (Å²) >= 11 is 12.9. The first-order valence-electron chi connectivity index (χ1n) is 10.9. The van der Waals surface area contributed by atoms with Crippen molar-refractivity contribution in [2.24, 2.45) is 0 Å². The Kier molecular flexibility index (Phi) is 7.38. The van der Waals surface area contributed by atoms with Crippen LogP contribution in [0.2, 0.25) is 35.7 Å². The molecule has 0 aliphatic rings. The molecule has 0 N–H and O–H groups in total. The summed E-state index contributed by atoms with van der Waals surface area (Å²) in [4.78, 5) is 13.5. The predicted octanol–water partition coefficient (Wildman–Crippen LogP) is 7.07. The van der Waals surface area contributed by atoms with Crippen molar-refractivity contribution in [1.29, 1.82) is 0 Å². The lowest BCUT2D eigenvalue weighted by Gasteiger charge is -2.15. The van der Waals surface area contributed by atoms with E-state index in [9.17, 15) is 4.79 Å². The first-order valence-corrected chi connectivity index (χ1v) is 15.3. The molecule has 0 spiro atoms. The van der Waals surface area contributed by atoms with Crippen LogP contribution >= 0.6 is 23.2 Å². The second kappa shape index (κ2) is 10.3. The van der Waals surface area contributed by atoms with Gasteiger partial charge in [-0.2, -0.15) is 5.10 Å². The maximum atomic E-state index is 13.5. The van der Waals surface area contributed by atoms with Gasteiger partial charge in [-0.05, 0) is 30.3 Å². The zero-order valence-electron chi connectivity index (χ0n) is 19.2. The average molecular weight is 514 g/mol. The second-order valence-corrected chi connectivity index (χ2v) is 15.6. The minimum atomic E-state index is -1.21. The van der Waals surface area contributed by atoms with Crippen LogP contribution < -0.4 is 4.74 Å². The van der Waals surface area contributed by atoms with Gasteiger partial charge in [-0.15, -0.1) is 5.10 Å². The van der Waals surface area contributed by atoms with E-state index in [0.29, 0.717) is 45.3 Å². The van der Waals surface area contributed by atoms with Crippen LogP contribution in [0.3, 0.4) is 0 Å². The molecule has 0 fully saturated rings. The molecule has 2 aromatic carbocycles. The van der Waals surface area contributed by atoms with Gasteiger partial charge in [0.05, 0.1) is 27.2 Å². The van der Waals surface area contributed by atoms with Crippen molar-refractivity contribution in [1.82, 2.24) is 14.8 Å². The van der Waals surface area contributed by atoms with E-state index in [4.69, 9.17) is 32.7 Å². The molecule has 4 aromatic rings. The third-order valence-electron chi connectivity index (χ3n) is 5.25. The van der Waals surface area contributed by atoms with Gasteiger partial charge >= 0.3 is 0 Å². The molecular weight excluding hydrogens is 489 g/mol. The van der Waals surface area contributed by atoms with Crippen LogP contribution in [0.1, 0.15) is 15.9 Å². The van der Waals surface area contributed by atoms with E-state index in [1.807, 2.05) is 30.3 Å². The number of fused-ring (bicyclic) bond motifs is 1.